The lowest BCUT2D eigenvalue weighted by Crippen LogP contribution is -2.11. The summed E-state index contributed by atoms with van der Waals surface area (Å²) in [6.45, 7) is 3.61. The molecule has 2 rings (SSSR count). The molecule has 23 heavy (non-hydrogen) atoms. The highest BCUT2D eigenvalue weighted by Crippen LogP contribution is 2.39. The van der Waals surface area contributed by atoms with Gasteiger partial charge >= 0.3 is 12.4 Å². The molecule has 0 aliphatic rings. The third-order valence-electron chi connectivity index (χ3n) is 3.38. The third-order valence-corrected chi connectivity index (χ3v) is 3.38. The largest absolute Gasteiger partial charge is 0.416 e. The van der Waals surface area contributed by atoms with Gasteiger partial charge in [-0.15, -0.1) is 0 Å². The second-order valence-electron chi connectivity index (χ2n) is 5.41. The number of aromatic nitrogens is 1. The summed E-state index contributed by atoms with van der Waals surface area (Å²) in [5.41, 5.74) is -1.92. The topological polar surface area (TPSA) is 12.9 Å². The van der Waals surface area contributed by atoms with Crippen LogP contribution in [0.25, 0.3) is 11.1 Å². The van der Waals surface area contributed by atoms with Gasteiger partial charge in [0.1, 0.15) is 0 Å². The van der Waals surface area contributed by atoms with Gasteiger partial charge in [-0.25, -0.2) is 0 Å². The summed E-state index contributed by atoms with van der Waals surface area (Å²) in [6, 6.07) is 3.15. The van der Waals surface area contributed by atoms with Gasteiger partial charge in [-0.3, -0.25) is 4.98 Å². The second kappa shape index (κ2) is 5.86. The quantitative estimate of drug-likeness (QED) is 0.623. The fourth-order valence-corrected chi connectivity index (χ4v) is 2.26. The highest BCUT2D eigenvalue weighted by Gasteiger charge is 2.37. The van der Waals surface area contributed by atoms with Gasteiger partial charge < -0.3 is 0 Å². The second-order valence-corrected chi connectivity index (χ2v) is 5.41. The molecule has 0 aliphatic heterocycles. The predicted octanol–water partition coefficient (Wildman–Crippen LogP) is 5.91. The molecular weight excluding hydrogens is 320 g/mol. The first-order valence-corrected chi connectivity index (χ1v) is 6.74. The maximum absolute atomic E-state index is 12.9. The van der Waals surface area contributed by atoms with E-state index in [1.54, 1.807) is 19.9 Å². The van der Waals surface area contributed by atoms with E-state index >= 15 is 0 Å². The van der Waals surface area contributed by atoms with E-state index in [4.69, 9.17) is 0 Å². The van der Waals surface area contributed by atoms with Gasteiger partial charge in [0.25, 0.3) is 0 Å². The van der Waals surface area contributed by atoms with Crippen molar-refractivity contribution in [1.82, 2.24) is 4.98 Å². The van der Waals surface area contributed by atoms with Gasteiger partial charge in [-0.05, 0) is 41.3 Å². The molecule has 1 aromatic heterocycles. The van der Waals surface area contributed by atoms with Gasteiger partial charge in [0.15, 0.2) is 0 Å². The minimum absolute atomic E-state index is 0.0723. The normalized spacial score (nSPS) is 12.7. The Bertz CT molecular complexity index is 668. The summed E-state index contributed by atoms with van der Waals surface area (Å²) in [5, 5.41) is 0. The van der Waals surface area contributed by atoms with E-state index in [1.807, 2.05) is 0 Å². The Morgan fingerprint density at radius 3 is 1.83 bits per heavy atom. The highest BCUT2D eigenvalue weighted by atomic mass is 19.4. The number of hydrogen-bond acceptors (Lipinski definition) is 1. The molecular formula is C16H13F6N. The van der Waals surface area contributed by atoms with E-state index in [9.17, 15) is 26.3 Å². The Morgan fingerprint density at radius 1 is 0.870 bits per heavy atom. The first-order chi connectivity index (χ1) is 10.5. The first-order valence-electron chi connectivity index (χ1n) is 6.74. The van der Waals surface area contributed by atoms with Crippen molar-refractivity contribution in [3.05, 3.63) is 53.3 Å². The molecule has 0 saturated heterocycles. The minimum Gasteiger partial charge on any atom is -0.264 e. The lowest BCUT2D eigenvalue weighted by Gasteiger charge is -2.17. The number of nitrogens with zero attached hydrogens (tertiary/aromatic N) is 1. The van der Waals surface area contributed by atoms with E-state index in [0.29, 0.717) is 5.56 Å². The fraction of sp³-hybridized carbons (Fsp3) is 0.312. The SMILES string of the molecule is CC(C)c1ccncc1-c1cc(C(F)(F)F)cc(C(F)(F)F)c1. The smallest absolute Gasteiger partial charge is 0.264 e. The van der Waals surface area contributed by atoms with E-state index in [-0.39, 0.29) is 23.1 Å². The molecule has 0 amide bonds. The maximum atomic E-state index is 12.9. The van der Waals surface area contributed by atoms with Gasteiger partial charge in [-0.2, -0.15) is 26.3 Å². The molecule has 0 saturated carbocycles. The number of halogens is 6. The monoisotopic (exact) mass is 333 g/mol. The van der Waals surface area contributed by atoms with Gasteiger partial charge in [0, 0.05) is 18.0 Å². The minimum atomic E-state index is -4.86. The summed E-state index contributed by atoms with van der Waals surface area (Å²) in [6.07, 6.45) is -6.99. The van der Waals surface area contributed by atoms with Crippen LogP contribution in [0.1, 0.15) is 36.5 Å². The number of alkyl halides is 6. The molecule has 0 spiro atoms. The summed E-state index contributed by atoms with van der Waals surface area (Å²) >= 11 is 0. The molecule has 0 bridgehead atoms. The molecule has 0 fully saturated rings. The lowest BCUT2D eigenvalue weighted by molar-refractivity contribution is -0.143. The van der Waals surface area contributed by atoms with Crippen LogP contribution < -0.4 is 0 Å². The van der Waals surface area contributed by atoms with Crippen molar-refractivity contribution < 1.29 is 26.3 Å². The number of pyridine rings is 1. The Hall–Kier alpha value is -2.05. The third kappa shape index (κ3) is 3.83. The zero-order chi connectivity index (χ0) is 17.4. The summed E-state index contributed by atoms with van der Waals surface area (Å²) in [7, 11) is 0. The Kier molecular flexibility index (Phi) is 4.41. The predicted molar refractivity (Wildman–Crippen MR) is 73.8 cm³/mol. The fourth-order valence-electron chi connectivity index (χ4n) is 2.26. The van der Waals surface area contributed by atoms with Gasteiger partial charge in [0.05, 0.1) is 11.1 Å². The molecule has 7 heteroatoms. The van der Waals surface area contributed by atoms with Crippen LogP contribution in [0.3, 0.4) is 0 Å². The van der Waals surface area contributed by atoms with E-state index in [1.165, 1.54) is 12.4 Å². The number of rotatable bonds is 2. The Labute approximate surface area is 129 Å². The van der Waals surface area contributed by atoms with Crippen molar-refractivity contribution in [2.45, 2.75) is 32.1 Å². The summed E-state index contributed by atoms with van der Waals surface area (Å²) in [4.78, 5) is 3.83. The molecule has 0 aliphatic carbocycles. The molecule has 0 atom stereocenters. The summed E-state index contributed by atoms with van der Waals surface area (Å²) in [5.74, 6) is -0.0723. The van der Waals surface area contributed by atoms with Crippen LogP contribution in [-0.4, -0.2) is 4.98 Å². The van der Waals surface area contributed by atoms with Crippen LogP contribution in [0, 0.1) is 0 Å². The average Bonchev–Trinajstić information content (AvgIpc) is 2.45. The maximum Gasteiger partial charge on any atom is 0.416 e. The molecule has 1 nitrogen and oxygen atoms in total. The van der Waals surface area contributed by atoms with Crippen LogP contribution in [0.15, 0.2) is 36.7 Å². The Balaban J connectivity index is 2.73. The van der Waals surface area contributed by atoms with Crippen LogP contribution in [0.2, 0.25) is 0 Å². The van der Waals surface area contributed by atoms with Crippen LogP contribution in [0.5, 0.6) is 0 Å². The molecule has 2 aromatic rings. The first kappa shape index (κ1) is 17.3. The molecule has 1 aromatic carbocycles. The van der Waals surface area contributed by atoms with Gasteiger partial charge in [0.2, 0.25) is 0 Å². The van der Waals surface area contributed by atoms with Crippen LogP contribution >= 0.6 is 0 Å². The molecule has 124 valence electrons. The van der Waals surface area contributed by atoms with Crippen molar-refractivity contribution in [2.75, 3.05) is 0 Å². The molecule has 0 radical (unpaired) electrons. The van der Waals surface area contributed by atoms with Crippen molar-refractivity contribution in [3.8, 4) is 11.1 Å². The summed E-state index contributed by atoms with van der Waals surface area (Å²) < 4.78 is 77.6. The lowest BCUT2D eigenvalue weighted by atomic mass is 9.92. The zero-order valence-corrected chi connectivity index (χ0v) is 12.3. The number of benzene rings is 1. The van der Waals surface area contributed by atoms with Gasteiger partial charge in [-0.1, -0.05) is 13.8 Å². The Morgan fingerprint density at radius 2 is 1.39 bits per heavy atom. The van der Waals surface area contributed by atoms with E-state index in [0.717, 1.165) is 12.1 Å². The zero-order valence-electron chi connectivity index (χ0n) is 12.3. The molecule has 0 N–H and O–H groups in total. The highest BCUT2D eigenvalue weighted by molar-refractivity contribution is 5.69. The number of hydrogen-bond donors (Lipinski definition) is 0. The van der Waals surface area contributed by atoms with Crippen molar-refractivity contribution in [1.29, 1.82) is 0 Å². The standard InChI is InChI=1S/C16H13F6N/c1-9(2)13-3-4-23-8-14(13)10-5-11(15(17,18)19)7-12(6-10)16(20,21)22/h3-9H,1-2H3. The van der Waals surface area contributed by atoms with E-state index in [2.05, 4.69) is 4.98 Å². The van der Waals surface area contributed by atoms with E-state index < -0.39 is 23.5 Å². The molecule has 1 heterocycles. The molecule has 0 unspecified atom stereocenters. The average molecular weight is 333 g/mol. The van der Waals surface area contributed by atoms with Crippen molar-refractivity contribution in [3.63, 3.8) is 0 Å². The van der Waals surface area contributed by atoms with Crippen LogP contribution in [-0.2, 0) is 12.4 Å². The van der Waals surface area contributed by atoms with Crippen molar-refractivity contribution in [2.24, 2.45) is 0 Å². The van der Waals surface area contributed by atoms with Crippen LogP contribution in [0.4, 0.5) is 26.3 Å². The van der Waals surface area contributed by atoms with Crippen molar-refractivity contribution >= 4 is 0 Å².